The maximum absolute atomic E-state index is 11.3. The average Bonchev–Trinajstić information content (AvgIpc) is 2.35. The molecule has 0 fully saturated rings. The molecule has 3 nitrogen and oxygen atoms in total. The molecule has 1 N–H and O–H groups in total. The SMILES string of the molecule is CC(=O)/C(C)=C/C(C)c1ccc(C)cc1/C=C/C(=O)O. The van der Waals surface area contributed by atoms with Gasteiger partial charge in [-0.05, 0) is 43.5 Å². The highest BCUT2D eigenvalue weighted by molar-refractivity contribution is 5.92. The summed E-state index contributed by atoms with van der Waals surface area (Å²) in [7, 11) is 0. The first-order chi connectivity index (χ1) is 9.31. The summed E-state index contributed by atoms with van der Waals surface area (Å²) in [5.41, 5.74) is 3.66. The summed E-state index contributed by atoms with van der Waals surface area (Å²) in [6, 6.07) is 5.91. The molecule has 0 heterocycles. The molecule has 1 atom stereocenters. The number of allylic oxidation sites excluding steroid dienone is 2. The van der Waals surface area contributed by atoms with Crippen LogP contribution in [-0.4, -0.2) is 16.9 Å². The van der Waals surface area contributed by atoms with E-state index in [1.807, 2.05) is 38.1 Å². The standard InChI is InChI=1S/C17H20O3/c1-11-5-7-16(13(3)10-12(2)14(4)18)15(9-11)6-8-17(19)20/h5-10,13H,1-4H3,(H,19,20)/b8-6+,12-10+. The van der Waals surface area contributed by atoms with Gasteiger partial charge < -0.3 is 5.11 Å². The number of carboxylic acids is 1. The predicted molar refractivity (Wildman–Crippen MR) is 80.7 cm³/mol. The molecule has 106 valence electrons. The molecule has 1 unspecified atom stereocenters. The van der Waals surface area contributed by atoms with Gasteiger partial charge in [0, 0.05) is 12.0 Å². The number of aliphatic carboxylic acids is 1. The van der Waals surface area contributed by atoms with Crippen LogP contribution in [0, 0.1) is 6.92 Å². The fraction of sp³-hybridized carbons (Fsp3) is 0.294. The van der Waals surface area contributed by atoms with E-state index in [0.29, 0.717) is 5.57 Å². The second-order valence-corrected chi connectivity index (χ2v) is 5.00. The van der Waals surface area contributed by atoms with Crippen molar-refractivity contribution in [2.24, 2.45) is 0 Å². The van der Waals surface area contributed by atoms with E-state index in [-0.39, 0.29) is 11.7 Å². The third-order valence-corrected chi connectivity index (χ3v) is 3.19. The van der Waals surface area contributed by atoms with Gasteiger partial charge in [0.15, 0.2) is 5.78 Å². The molecule has 20 heavy (non-hydrogen) atoms. The highest BCUT2D eigenvalue weighted by Crippen LogP contribution is 2.24. The van der Waals surface area contributed by atoms with Crippen molar-refractivity contribution in [1.29, 1.82) is 0 Å². The van der Waals surface area contributed by atoms with Crippen molar-refractivity contribution in [1.82, 2.24) is 0 Å². The Labute approximate surface area is 119 Å². The first kappa shape index (κ1) is 15.9. The molecule has 0 spiro atoms. The molecule has 0 aliphatic heterocycles. The number of rotatable bonds is 5. The smallest absolute Gasteiger partial charge is 0.328 e. The number of hydrogen-bond donors (Lipinski definition) is 1. The van der Waals surface area contributed by atoms with Gasteiger partial charge in [0.2, 0.25) is 0 Å². The maximum Gasteiger partial charge on any atom is 0.328 e. The van der Waals surface area contributed by atoms with Crippen LogP contribution in [0.5, 0.6) is 0 Å². The molecule has 0 radical (unpaired) electrons. The van der Waals surface area contributed by atoms with Crippen LogP contribution in [-0.2, 0) is 9.59 Å². The molecule has 0 aliphatic carbocycles. The van der Waals surface area contributed by atoms with E-state index in [1.54, 1.807) is 19.9 Å². The average molecular weight is 272 g/mol. The predicted octanol–water partition coefficient (Wildman–Crippen LogP) is 3.73. The van der Waals surface area contributed by atoms with E-state index < -0.39 is 5.97 Å². The van der Waals surface area contributed by atoms with Gasteiger partial charge in [-0.3, -0.25) is 4.79 Å². The highest BCUT2D eigenvalue weighted by atomic mass is 16.4. The minimum Gasteiger partial charge on any atom is -0.478 e. The number of carbonyl (C=O) groups is 2. The van der Waals surface area contributed by atoms with Crippen molar-refractivity contribution in [3.8, 4) is 0 Å². The Bertz CT molecular complexity index is 580. The third kappa shape index (κ3) is 4.50. The van der Waals surface area contributed by atoms with E-state index in [2.05, 4.69) is 0 Å². The van der Waals surface area contributed by atoms with E-state index >= 15 is 0 Å². The first-order valence-corrected chi connectivity index (χ1v) is 6.52. The summed E-state index contributed by atoms with van der Waals surface area (Å²) >= 11 is 0. The number of ketones is 1. The van der Waals surface area contributed by atoms with E-state index in [1.165, 1.54) is 0 Å². The van der Waals surface area contributed by atoms with E-state index in [9.17, 15) is 9.59 Å². The Hall–Kier alpha value is -2.16. The largest absolute Gasteiger partial charge is 0.478 e. The Morgan fingerprint density at radius 3 is 2.45 bits per heavy atom. The normalized spacial score (nSPS) is 13.5. The van der Waals surface area contributed by atoms with Crippen molar-refractivity contribution in [2.75, 3.05) is 0 Å². The molecule has 0 amide bonds. The number of benzene rings is 1. The van der Waals surface area contributed by atoms with Gasteiger partial charge in [-0.2, -0.15) is 0 Å². The fourth-order valence-electron chi connectivity index (χ4n) is 2.00. The van der Waals surface area contributed by atoms with Crippen LogP contribution in [0.3, 0.4) is 0 Å². The lowest BCUT2D eigenvalue weighted by Gasteiger charge is -2.13. The van der Waals surface area contributed by atoms with Crippen molar-refractivity contribution in [3.63, 3.8) is 0 Å². The number of carboxylic acid groups (broad SMARTS) is 1. The van der Waals surface area contributed by atoms with Crippen LogP contribution < -0.4 is 0 Å². The highest BCUT2D eigenvalue weighted by Gasteiger charge is 2.09. The number of Topliss-reactive ketones (excluding diaryl/α,β-unsaturated/α-hetero) is 1. The second kappa shape index (κ2) is 6.85. The Morgan fingerprint density at radius 2 is 1.90 bits per heavy atom. The van der Waals surface area contributed by atoms with Crippen LogP contribution in [0.1, 0.15) is 43.4 Å². The number of aryl methyl sites for hydroxylation is 1. The second-order valence-electron chi connectivity index (χ2n) is 5.00. The summed E-state index contributed by atoms with van der Waals surface area (Å²) in [6.07, 6.45) is 4.63. The zero-order valence-electron chi connectivity index (χ0n) is 12.3. The van der Waals surface area contributed by atoms with Crippen molar-refractivity contribution in [3.05, 3.63) is 52.6 Å². The van der Waals surface area contributed by atoms with Crippen LogP contribution >= 0.6 is 0 Å². The number of hydrogen-bond acceptors (Lipinski definition) is 2. The fourth-order valence-corrected chi connectivity index (χ4v) is 2.00. The summed E-state index contributed by atoms with van der Waals surface area (Å²) in [6.45, 7) is 7.29. The van der Waals surface area contributed by atoms with Gasteiger partial charge in [-0.15, -0.1) is 0 Å². The summed E-state index contributed by atoms with van der Waals surface area (Å²) in [5, 5.41) is 8.75. The summed E-state index contributed by atoms with van der Waals surface area (Å²) < 4.78 is 0. The van der Waals surface area contributed by atoms with Crippen molar-refractivity contribution < 1.29 is 14.7 Å². The third-order valence-electron chi connectivity index (χ3n) is 3.19. The zero-order chi connectivity index (χ0) is 15.3. The molecule has 3 heteroatoms. The minimum atomic E-state index is -0.972. The molecular formula is C17H20O3. The monoisotopic (exact) mass is 272 g/mol. The molecule has 0 aliphatic rings. The molecular weight excluding hydrogens is 252 g/mol. The van der Waals surface area contributed by atoms with Crippen LogP contribution in [0.4, 0.5) is 0 Å². The van der Waals surface area contributed by atoms with Crippen molar-refractivity contribution >= 4 is 17.8 Å². The van der Waals surface area contributed by atoms with Crippen LogP contribution in [0.2, 0.25) is 0 Å². The van der Waals surface area contributed by atoms with E-state index in [4.69, 9.17) is 5.11 Å². The zero-order valence-corrected chi connectivity index (χ0v) is 12.3. The van der Waals surface area contributed by atoms with Gasteiger partial charge >= 0.3 is 5.97 Å². The van der Waals surface area contributed by atoms with Gasteiger partial charge in [0.25, 0.3) is 0 Å². The Morgan fingerprint density at radius 1 is 1.25 bits per heavy atom. The summed E-state index contributed by atoms with van der Waals surface area (Å²) in [5.74, 6) is -0.875. The quantitative estimate of drug-likeness (QED) is 0.831. The van der Waals surface area contributed by atoms with Crippen molar-refractivity contribution in [2.45, 2.75) is 33.6 Å². The molecule has 0 aromatic heterocycles. The lowest BCUT2D eigenvalue weighted by Crippen LogP contribution is -1.99. The Balaban J connectivity index is 3.20. The minimum absolute atomic E-state index is 0.0478. The molecule has 1 rings (SSSR count). The first-order valence-electron chi connectivity index (χ1n) is 6.52. The molecule has 1 aromatic rings. The van der Waals surface area contributed by atoms with Gasteiger partial charge in [0.1, 0.15) is 0 Å². The van der Waals surface area contributed by atoms with Gasteiger partial charge in [0.05, 0.1) is 0 Å². The van der Waals surface area contributed by atoms with Crippen LogP contribution in [0.25, 0.3) is 6.08 Å². The van der Waals surface area contributed by atoms with Crippen LogP contribution in [0.15, 0.2) is 35.9 Å². The maximum atomic E-state index is 11.3. The number of carbonyl (C=O) groups excluding carboxylic acids is 1. The molecule has 1 aromatic carbocycles. The topological polar surface area (TPSA) is 54.4 Å². The lowest BCUT2D eigenvalue weighted by atomic mass is 9.92. The molecule has 0 saturated heterocycles. The van der Waals surface area contributed by atoms with Gasteiger partial charge in [-0.25, -0.2) is 4.79 Å². The molecule has 0 saturated carbocycles. The summed E-state index contributed by atoms with van der Waals surface area (Å²) in [4.78, 5) is 22.0. The lowest BCUT2D eigenvalue weighted by molar-refractivity contribution is -0.131. The van der Waals surface area contributed by atoms with Gasteiger partial charge in [-0.1, -0.05) is 36.8 Å². The molecule has 0 bridgehead atoms. The Kier molecular flexibility index (Phi) is 5.44. The van der Waals surface area contributed by atoms with E-state index in [0.717, 1.165) is 22.8 Å².